The number of hydrogen-bond acceptors (Lipinski definition) is 4. The fourth-order valence-corrected chi connectivity index (χ4v) is 5.06. The van der Waals surface area contributed by atoms with Crippen molar-refractivity contribution < 1.29 is 14.6 Å². The van der Waals surface area contributed by atoms with E-state index in [2.05, 4.69) is 31.0 Å². The van der Waals surface area contributed by atoms with Crippen molar-refractivity contribution in [1.29, 1.82) is 0 Å². The largest absolute Gasteiger partial charge is 0.479 e. The van der Waals surface area contributed by atoms with Crippen LogP contribution in [0, 0.1) is 19.3 Å². The molecule has 1 unspecified atom stereocenters. The Bertz CT molecular complexity index is 962. The summed E-state index contributed by atoms with van der Waals surface area (Å²) in [5.41, 5.74) is 4.71. The van der Waals surface area contributed by atoms with E-state index < -0.39 is 17.7 Å². The number of carboxylic acid groups (broad SMARTS) is 1. The highest BCUT2D eigenvalue weighted by molar-refractivity contribution is 7.16. The van der Waals surface area contributed by atoms with Crippen LogP contribution in [0.15, 0.2) is 24.4 Å². The number of hydrogen-bond donors (Lipinski definition) is 1. The number of thiophene rings is 1. The smallest absolute Gasteiger partial charge is 0.337 e. The van der Waals surface area contributed by atoms with Gasteiger partial charge >= 0.3 is 5.97 Å². The van der Waals surface area contributed by atoms with Gasteiger partial charge in [-0.3, -0.25) is 4.98 Å². The van der Waals surface area contributed by atoms with Crippen LogP contribution in [0.1, 0.15) is 81.6 Å². The van der Waals surface area contributed by atoms with Crippen molar-refractivity contribution >= 4 is 22.9 Å². The predicted octanol–water partition coefficient (Wildman–Crippen LogP) is 6.96. The number of aromatic nitrogens is 1. The summed E-state index contributed by atoms with van der Waals surface area (Å²) in [6.07, 6.45) is 6.14. The van der Waals surface area contributed by atoms with Crippen molar-refractivity contribution in [1.82, 2.24) is 4.98 Å². The number of allylic oxidation sites excluding steroid dienone is 2. The van der Waals surface area contributed by atoms with Gasteiger partial charge in [-0.15, -0.1) is 11.3 Å². The molecule has 0 fully saturated rings. The number of carbonyl (C=O) groups is 1. The Hall–Kier alpha value is -1.98. The van der Waals surface area contributed by atoms with Crippen molar-refractivity contribution in [2.24, 2.45) is 5.41 Å². The standard InChI is InChI=1S/C25H33NO3S/c1-15-8-9-18(26-14-15)22-20(17-10-12-25(6,7)13-11-17)19(16(2)30-22)21(23(27)28)29-24(3,4)5/h8-10,14,21H,11-13H2,1-7H3,(H,27,28). The van der Waals surface area contributed by atoms with Crippen LogP contribution >= 0.6 is 11.3 Å². The summed E-state index contributed by atoms with van der Waals surface area (Å²) in [5.74, 6) is -0.952. The molecule has 0 radical (unpaired) electrons. The Morgan fingerprint density at radius 2 is 1.97 bits per heavy atom. The molecule has 1 aliphatic rings. The minimum atomic E-state index is -1.01. The Morgan fingerprint density at radius 1 is 1.27 bits per heavy atom. The summed E-state index contributed by atoms with van der Waals surface area (Å²) in [4.78, 5) is 19.0. The summed E-state index contributed by atoms with van der Waals surface area (Å²) in [6, 6.07) is 4.08. The third-order valence-electron chi connectivity index (χ3n) is 5.53. The SMILES string of the molecule is Cc1ccc(-c2sc(C)c(C(OC(C)(C)C)C(=O)O)c2C2=CCC(C)(C)CC2)nc1. The fourth-order valence-electron chi connectivity index (χ4n) is 3.86. The van der Waals surface area contributed by atoms with Gasteiger partial charge in [0, 0.05) is 22.2 Å². The molecule has 2 aromatic rings. The number of rotatable bonds is 5. The monoisotopic (exact) mass is 427 g/mol. The van der Waals surface area contributed by atoms with E-state index in [1.807, 2.05) is 46.9 Å². The highest BCUT2D eigenvalue weighted by Gasteiger charge is 2.35. The molecule has 0 bridgehead atoms. The lowest BCUT2D eigenvalue weighted by Gasteiger charge is -2.30. The van der Waals surface area contributed by atoms with Gasteiger partial charge in [0.2, 0.25) is 0 Å². The van der Waals surface area contributed by atoms with Crippen LogP contribution in [0.25, 0.3) is 16.1 Å². The van der Waals surface area contributed by atoms with Crippen LogP contribution in [-0.2, 0) is 9.53 Å². The van der Waals surface area contributed by atoms with E-state index in [4.69, 9.17) is 4.74 Å². The minimum absolute atomic E-state index is 0.269. The summed E-state index contributed by atoms with van der Waals surface area (Å²) in [5, 5.41) is 10.1. The van der Waals surface area contributed by atoms with E-state index >= 15 is 0 Å². The molecule has 0 aromatic carbocycles. The zero-order valence-corrected chi connectivity index (χ0v) is 19.9. The Labute approximate surface area is 184 Å². The molecule has 0 saturated heterocycles. The maximum atomic E-state index is 12.3. The molecule has 162 valence electrons. The minimum Gasteiger partial charge on any atom is -0.479 e. The first-order chi connectivity index (χ1) is 13.9. The van der Waals surface area contributed by atoms with Gasteiger partial charge in [0.1, 0.15) is 0 Å². The van der Waals surface area contributed by atoms with Crippen molar-refractivity contribution in [3.8, 4) is 10.6 Å². The van der Waals surface area contributed by atoms with E-state index in [0.717, 1.165) is 51.4 Å². The molecule has 30 heavy (non-hydrogen) atoms. The molecule has 0 aliphatic heterocycles. The second-order valence-electron chi connectivity index (χ2n) is 10.0. The third kappa shape index (κ3) is 5.01. The Balaban J connectivity index is 2.22. The van der Waals surface area contributed by atoms with E-state index in [1.54, 1.807) is 11.3 Å². The van der Waals surface area contributed by atoms with Crippen molar-refractivity contribution in [2.75, 3.05) is 0 Å². The third-order valence-corrected chi connectivity index (χ3v) is 6.67. The average Bonchev–Trinajstić information content (AvgIpc) is 2.96. The van der Waals surface area contributed by atoms with Crippen LogP contribution in [0.3, 0.4) is 0 Å². The van der Waals surface area contributed by atoms with Crippen molar-refractivity contribution in [2.45, 2.75) is 79.4 Å². The first-order valence-electron chi connectivity index (χ1n) is 10.5. The second-order valence-corrected chi connectivity index (χ2v) is 11.3. The van der Waals surface area contributed by atoms with E-state index in [9.17, 15) is 9.90 Å². The van der Waals surface area contributed by atoms with Gasteiger partial charge in [0.05, 0.1) is 16.2 Å². The molecule has 0 spiro atoms. The maximum Gasteiger partial charge on any atom is 0.337 e. The molecular formula is C25H33NO3S. The molecule has 4 nitrogen and oxygen atoms in total. The van der Waals surface area contributed by atoms with E-state index in [0.29, 0.717) is 0 Å². The number of nitrogens with zero attached hydrogens (tertiary/aromatic N) is 1. The topological polar surface area (TPSA) is 59.4 Å². The molecule has 5 heteroatoms. The van der Waals surface area contributed by atoms with Crippen molar-refractivity contribution in [3.05, 3.63) is 46.0 Å². The van der Waals surface area contributed by atoms with E-state index in [-0.39, 0.29) is 5.41 Å². The van der Waals surface area contributed by atoms with Crippen LogP contribution < -0.4 is 0 Å². The van der Waals surface area contributed by atoms with Gasteiger partial charge in [-0.25, -0.2) is 4.79 Å². The summed E-state index contributed by atoms with van der Waals surface area (Å²) >= 11 is 1.62. The van der Waals surface area contributed by atoms with Gasteiger partial charge < -0.3 is 9.84 Å². The Kier molecular flexibility index (Phi) is 6.26. The number of carboxylic acids is 1. The van der Waals surface area contributed by atoms with Gasteiger partial charge in [0.25, 0.3) is 0 Å². The van der Waals surface area contributed by atoms with Gasteiger partial charge in [0.15, 0.2) is 6.10 Å². The van der Waals surface area contributed by atoms with Gasteiger partial charge in [-0.1, -0.05) is 26.0 Å². The zero-order chi connectivity index (χ0) is 22.3. The molecular weight excluding hydrogens is 394 g/mol. The normalized spacial score (nSPS) is 17.5. The van der Waals surface area contributed by atoms with Crippen LogP contribution in [0.5, 0.6) is 0 Å². The molecule has 0 saturated carbocycles. The predicted molar refractivity (Wildman–Crippen MR) is 124 cm³/mol. The molecule has 0 amide bonds. The quantitative estimate of drug-likeness (QED) is 0.560. The van der Waals surface area contributed by atoms with Crippen LogP contribution in [-0.4, -0.2) is 21.7 Å². The first kappa shape index (κ1) is 22.7. The molecule has 2 heterocycles. The highest BCUT2D eigenvalue weighted by Crippen LogP contribution is 2.48. The number of ether oxygens (including phenoxy) is 1. The molecule has 1 N–H and O–H groups in total. The Morgan fingerprint density at radius 3 is 2.47 bits per heavy atom. The molecule has 3 rings (SSSR count). The number of aryl methyl sites for hydroxylation is 2. The van der Waals surface area contributed by atoms with E-state index in [1.165, 1.54) is 5.57 Å². The lowest BCUT2D eigenvalue weighted by Crippen LogP contribution is -2.28. The fraction of sp³-hybridized carbons (Fsp3) is 0.520. The number of pyridine rings is 1. The summed E-state index contributed by atoms with van der Waals surface area (Å²) in [7, 11) is 0. The highest BCUT2D eigenvalue weighted by atomic mass is 32.1. The van der Waals surface area contributed by atoms with Gasteiger partial charge in [-0.2, -0.15) is 0 Å². The maximum absolute atomic E-state index is 12.3. The lowest BCUT2D eigenvalue weighted by atomic mass is 9.76. The lowest BCUT2D eigenvalue weighted by molar-refractivity contribution is -0.160. The zero-order valence-electron chi connectivity index (χ0n) is 19.1. The molecule has 1 aliphatic carbocycles. The van der Waals surface area contributed by atoms with Crippen molar-refractivity contribution in [3.63, 3.8) is 0 Å². The summed E-state index contributed by atoms with van der Waals surface area (Å²) < 4.78 is 6.07. The number of aliphatic carboxylic acids is 1. The first-order valence-corrected chi connectivity index (χ1v) is 11.4. The molecule has 2 aromatic heterocycles. The van der Waals surface area contributed by atoms with Crippen LogP contribution in [0.4, 0.5) is 0 Å². The second kappa shape index (κ2) is 8.27. The van der Waals surface area contributed by atoms with Crippen LogP contribution in [0.2, 0.25) is 0 Å². The average molecular weight is 428 g/mol. The summed E-state index contributed by atoms with van der Waals surface area (Å²) in [6.45, 7) is 14.3. The van der Waals surface area contributed by atoms with Gasteiger partial charge in [-0.05, 0) is 76.5 Å². The molecule has 1 atom stereocenters.